The monoisotopic (exact) mass is 155 g/mol. The Morgan fingerprint density at radius 2 is 2.09 bits per heavy atom. The predicted molar refractivity (Wildman–Crippen MR) is 44.6 cm³/mol. The quantitative estimate of drug-likeness (QED) is 0.569. The number of hydrogen-bond donors (Lipinski definition) is 1. The van der Waals surface area contributed by atoms with Crippen molar-refractivity contribution >= 4 is 0 Å². The van der Waals surface area contributed by atoms with Gasteiger partial charge in [-0.2, -0.15) is 0 Å². The molecule has 64 valence electrons. The first-order chi connectivity index (χ1) is 5.36. The fourth-order valence-electron chi connectivity index (χ4n) is 2.17. The molecule has 0 aromatic rings. The molecule has 1 saturated carbocycles. The van der Waals surface area contributed by atoms with Gasteiger partial charge in [-0.1, -0.05) is 12.8 Å². The van der Waals surface area contributed by atoms with E-state index < -0.39 is 0 Å². The van der Waals surface area contributed by atoms with E-state index in [9.17, 15) is 0 Å². The summed E-state index contributed by atoms with van der Waals surface area (Å²) in [6.45, 7) is 3.10. The van der Waals surface area contributed by atoms with Crippen LogP contribution in [-0.4, -0.2) is 24.8 Å². The van der Waals surface area contributed by atoms with Crippen LogP contribution in [0.5, 0.6) is 0 Å². The molecule has 2 aliphatic rings. The van der Waals surface area contributed by atoms with Crippen molar-refractivity contribution in [2.24, 2.45) is 0 Å². The molecular formula is C9H17NO. The average molecular weight is 155 g/mol. The van der Waals surface area contributed by atoms with Crippen molar-refractivity contribution in [3.63, 3.8) is 0 Å². The van der Waals surface area contributed by atoms with Gasteiger partial charge < -0.3 is 10.1 Å². The van der Waals surface area contributed by atoms with Gasteiger partial charge in [-0.25, -0.2) is 0 Å². The molecule has 0 aromatic carbocycles. The Morgan fingerprint density at radius 3 is 3.00 bits per heavy atom. The zero-order valence-electron chi connectivity index (χ0n) is 7.18. The second kappa shape index (κ2) is 3.11. The summed E-state index contributed by atoms with van der Waals surface area (Å²) in [6, 6.07) is 1.22. The van der Waals surface area contributed by atoms with E-state index >= 15 is 0 Å². The Morgan fingerprint density at radius 1 is 1.27 bits per heavy atom. The van der Waals surface area contributed by atoms with Crippen LogP contribution < -0.4 is 5.32 Å². The topological polar surface area (TPSA) is 21.3 Å². The summed E-state index contributed by atoms with van der Waals surface area (Å²) in [5, 5.41) is 3.59. The van der Waals surface area contributed by atoms with Crippen molar-refractivity contribution in [3.8, 4) is 0 Å². The lowest BCUT2D eigenvalue weighted by Gasteiger charge is -2.39. The average Bonchev–Trinajstić information content (AvgIpc) is 2.04. The van der Waals surface area contributed by atoms with Crippen LogP contribution in [0.3, 0.4) is 0 Å². The van der Waals surface area contributed by atoms with E-state index in [1.165, 1.54) is 25.7 Å². The lowest BCUT2D eigenvalue weighted by molar-refractivity contribution is -0.0419. The van der Waals surface area contributed by atoms with Crippen LogP contribution in [0.15, 0.2) is 0 Å². The summed E-state index contributed by atoms with van der Waals surface area (Å²) in [5.74, 6) is 0. The molecule has 0 bridgehead atoms. The SMILES string of the molecule is CC1COC2CCCCC2N1. The first kappa shape index (κ1) is 7.56. The molecule has 1 aliphatic carbocycles. The van der Waals surface area contributed by atoms with Crippen molar-refractivity contribution < 1.29 is 4.74 Å². The molecule has 2 rings (SSSR count). The zero-order chi connectivity index (χ0) is 7.68. The highest BCUT2D eigenvalue weighted by Gasteiger charge is 2.30. The maximum atomic E-state index is 5.73. The Labute approximate surface area is 68.3 Å². The summed E-state index contributed by atoms with van der Waals surface area (Å²) < 4.78 is 5.73. The highest BCUT2D eigenvalue weighted by molar-refractivity contribution is 4.87. The van der Waals surface area contributed by atoms with Crippen LogP contribution in [0.2, 0.25) is 0 Å². The van der Waals surface area contributed by atoms with Gasteiger partial charge in [-0.15, -0.1) is 0 Å². The molecule has 0 amide bonds. The van der Waals surface area contributed by atoms with Crippen molar-refractivity contribution in [3.05, 3.63) is 0 Å². The molecule has 0 spiro atoms. The molecule has 1 N–H and O–H groups in total. The molecule has 0 aromatic heterocycles. The predicted octanol–water partition coefficient (Wildman–Crippen LogP) is 1.31. The molecule has 1 saturated heterocycles. The molecular weight excluding hydrogens is 138 g/mol. The molecule has 3 unspecified atom stereocenters. The van der Waals surface area contributed by atoms with E-state index in [1.807, 2.05) is 0 Å². The fraction of sp³-hybridized carbons (Fsp3) is 1.00. The Hall–Kier alpha value is -0.0800. The van der Waals surface area contributed by atoms with Gasteiger partial charge in [-0.3, -0.25) is 0 Å². The van der Waals surface area contributed by atoms with Crippen LogP contribution in [0.4, 0.5) is 0 Å². The molecule has 2 nitrogen and oxygen atoms in total. The lowest BCUT2D eigenvalue weighted by Crippen LogP contribution is -2.54. The van der Waals surface area contributed by atoms with E-state index in [0.29, 0.717) is 18.2 Å². The van der Waals surface area contributed by atoms with Gasteiger partial charge >= 0.3 is 0 Å². The number of hydrogen-bond acceptors (Lipinski definition) is 2. The first-order valence-electron chi connectivity index (χ1n) is 4.74. The third-order valence-electron chi connectivity index (χ3n) is 2.76. The van der Waals surface area contributed by atoms with Crippen LogP contribution >= 0.6 is 0 Å². The molecule has 1 heterocycles. The van der Waals surface area contributed by atoms with Crippen molar-refractivity contribution in [2.75, 3.05) is 6.61 Å². The van der Waals surface area contributed by atoms with Crippen molar-refractivity contribution in [1.29, 1.82) is 0 Å². The minimum absolute atomic E-state index is 0.528. The standard InChI is InChI=1S/C9H17NO/c1-7-6-11-9-5-3-2-4-8(9)10-7/h7-10H,2-6H2,1H3. The smallest absolute Gasteiger partial charge is 0.0728 e. The second-order valence-corrected chi connectivity index (χ2v) is 3.83. The molecule has 1 aliphatic heterocycles. The van der Waals surface area contributed by atoms with Gasteiger partial charge in [-0.05, 0) is 19.8 Å². The van der Waals surface area contributed by atoms with Gasteiger partial charge in [0.1, 0.15) is 0 Å². The minimum atomic E-state index is 0.528. The van der Waals surface area contributed by atoms with Gasteiger partial charge in [0, 0.05) is 12.1 Å². The van der Waals surface area contributed by atoms with Gasteiger partial charge in [0.2, 0.25) is 0 Å². The molecule has 2 fully saturated rings. The number of fused-ring (bicyclic) bond motifs is 1. The Bertz CT molecular complexity index is 138. The van der Waals surface area contributed by atoms with Gasteiger partial charge in [0.25, 0.3) is 0 Å². The van der Waals surface area contributed by atoms with Crippen LogP contribution in [-0.2, 0) is 4.74 Å². The number of ether oxygens (including phenoxy) is 1. The summed E-state index contributed by atoms with van der Waals surface area (Å²) in [7, 11) is 0. The van der Waals surface area contributed by atoms with E-state index in [1.54, 1.807) is 0 Å². The van der Waals surface area contributed by atoms with Crippen molar-refractivity contribution in [1.82, 2.24) is 5.32 Å². The summed E-state index contributed by atoms with van der Waals surface area (Å²) in [6.07, 6.45) is 5.85. The second-order valence-electron chi connectivity index (χ2n) is 3.83. The lowest BCUT2D eigenvalue weighted by atomic mass is 9.91. The van der Waals surface area contributed by atoms with Gasteiger partial charge in [0.05, 0.1) is 12.7 Å². The summed E-state index contributed by atoms with van der Waals surface area (Å²) in [4.78, 5) is 0. The zero-order valence-corrected chi connectivity index (χ0v) is 7.18. The molecule has 2 heteroatoms. The van der Waals surface area contributed by atoms with E-state index in [4.69, 9.17) is 4.74 Å². The van der Waals surface area contributed by atoms with Crippen molar-refractivity contribution in [2.45, 2.75) is 50.8 Å². The molecule has 11 heavy (non-hydrogen) atoms. The largest absolute Gasteiger partial charge is 0.375 e. The maximum absolute atomic E-state index is 5.73. The highest BCUT2D eigenvalue weighted by Crippen LogP contribution is 2.24. The highest BCUT2D eigenvalue weighted by atomic mass is 16.5. The van der Waals surface area contributed by atoms with E-state index in [2.05, 4.69) is 12.2 Å². The maximum Gasteiger partial charge on any atom is 0.0728 e. The first-order valence-corrected chi connectivity index (χ1v) is 4.74. The van der Waals surface area contributed by atoms with E-state index in [0.717, 1.165) is 6.61 Å². The molecule has 3 atom stereocenters. The third-order valence-corrected chi connectivity index (χ3v) is 2.76. The summed E-state index contributed by atoms with van der Waals surface area (Å²) >= 11 is 0. The van der Waals surface area contributed by atoms with Gasteiger partial charge in [0.15, 0.2) is 0 Å². The Kier molecular flexibility index (Phi) is 2.14. The normalized spacial score (nSPS) is 45.0. The van der Waals surface area contributed by atoms with Crippen LogP contribution in [0, 0.1) is 0 Å². The number of nitrogens with one attached hydrogen (secondary N) is 1. The third kappa shape index (κ3) is 1.57. The Balaban J connectivity index is 1.93. The van der Waals surface area contributed by atoms with E-state index in [-0.39, 0.29) is 0 Å². The number of rotatable bonds is 0. The molecule has 0 radical (unpaired) electrons. The summed E-state index contributed by atoms with van der Waals surface area (Å²) in [5.41, 5.74) is 0. The van der Waals surface area contributed by atoms with Crippen LogP contribution in [0.1, 0.15) is 32.6 Å². The minimum Gasteiger partial charge on any atom is -0.375 e. The number of morpholine rings is 1. The fourth-order valence-corrected chi connectivity index (χ4v) is 2.17. The van der Waals surface area contributed by atoms with Crippen LogP contribution in [0.25, 0.3) is 0 Å².